The number of nitrogens with zero attached hydrogens (tertiary/aromatic N) is 3. The summed E-state index contributed by atoms with van der Waals surface area (Å²) in [5.74, 6) is 1.22. The molecule has 0 spiro atoms. The van der Waals surface area contributed by atoms with Crippen molar-refractivity contribution in [2.24, 2.45) is 5.92 Å². The summed E-state index contributed by atoms with van der Waals surface area (Å²) >= 11 is 0. The lowest BCUT2D eigenvalue weighted by Crippen LogP contribution is -2.54. The minimum atomic E-state index is -4.55. The molecule has 2 bridgehead atoms. The predicted octanol–water partition coefficient (Wildman–Crippen LogP) is 4.07. The van der Waals surface area contributed by atoms with E-state index in [1.54, 1.807) is 19.1 Å². The number of benzene rings is 1. The Morgan fingerprint density at radius 2 is 2.07 bits per heavy atom. The lowest BCUT2D eigenvalue weighted by atomic mass is 9.78. The number of hydrogen-bond acceptors (Lipinski definition) is 8. The van der Waals surface area contributed by atoms with Crippen molar-refractivity contribution in [3.63, 3.8) is 0 Å². The second kappa shape index (κ2) is 9.76. The summed E-state index contributed by atoms with van der Waals surface area (Å²) in [6, 6.07) is 3.54. The third-order valence-corrected chi connectivity index (χ3v) is 8.93. The normalized spacial score (nSPS) is 24.1. The first-order valence-corrected chi connectivity index (χ1v) is 14.2. The Morgan fingerprint density at radius 1 is 1.24 bits per heavy atom. The molecule has 7 rings (SSSR count). The Hall–Kier alpha value is -3.58. The van der Waals surface area contributed by atoms with Gasteiger partial charge in [-0.05, 0) is 44.2 Å². The van der Waals surface area contributed by atoms with Gasteiger partial charge in [-0.25, -0.2) is 0 Å². The highest BCUT2D eigenvalue weighted by Gasteiger charge is 2.51. The van der Waals surface area contributed by atoms with Crippen LogP contribution in [0, 0.1) is 5.92 Å². The molecule has 2 atom stereocenters. The third kappa shape index (κ3) is 4.45. The van der Waals surface area contributed by atoms with Crippen molar-refractivity contribution in [3.05, 3.63) is 35.0 Å². The van der Waals surface area contributed by atoms with Gasteiger partial charge in [0.15, 0.2) is 0 Å². The molecule has 4 N–H and O–H groups in total. The molecule has 3 saturated heterocycles. The van der Waals surface area contributed by atoms with E-state index in [0.717, 1.165) is 44.2 Å². The van der Waals surface area contributed by atoms with Gasteiger partial charge in [0.2, 0.25) is 5.95 Å². The van der Waals surface area contributed by atoms with E-state index in [9.17, 15) is 18.0 Å². The third-order valence-electron chi connectivity index (χ3n) is 8.93. The SMILES string of the molecule is CCNc1nc(Nc2ccc(C(=O)N3CCC([C@@]45CO[C@H](CN4)C5)CC3)c3c2OCC3)nc2[nH]cc(C(F)(F)F)c12. The van der Waals surface area contributed by atoms with E-state index < -0.39 is 11.7 Å². The van der Waals surface area contributed by atoms with E-state index in [4.69, 9.17) is 9.47 Å². The predicted molar refractivity (Wildman–Crippen MR) is 146 cm³/mol. The number of fused-ring (bicyclic) bond motifs is 4. The van der Waals surface area contributed by atoms with Gasteiger partial charge in [0.1, 0.15) is 17.2 Å². The van der Waals surface area contributed by atoms with Gasteiger partial charge in [0.05, 0.1) is 36.0 Å². The molecule has 218 valence electrons. The van der Waals surface area contributed by atoms with Gasteiger partial charge in [0.25, 0.3) is 5.91 Å². The summed E-state index contributed by atoms with van der Waals surface area (Å²) in [5.41, 5.74) is 1.29. The molecule has 2 aromatic heterocycles. The molecule has 41 heavy (non-hydrogen) atoms. The number of nitrogens with one attached hydrogen (secondary N) is 4. The number of carbonyl (C=O) groups excluding carboxylic acids is 1. The van der Waals surface area contributed by atoms with Gasteiger partial charge >= 0.3 is 6.18 Å². The fraction of sp³-hybridized carbons (Fsp3) is 0.536. The topological polar surface area (TPSA) is 116 Å². The van der Waals surface area contributed by atoms with Crippen molar-refractivity contribution in [2.75, 3.05) is 50.0 Å². The van der Waals surface area contributed by atoms with Gasteiger partial charge in [-0.15, -0.1) is 0 Å². The number of aromatic nitrogens is 3. The first-order chi connectivity index (χ1) is 19.8. The van der Waals surface area contributed by atoms with Crippen LogP contribution in [0.2, 0.25) is 0 Å². The molecule has 3 fully saturated rings. The molecule has 6 heterocycles. The quantitative estimate of drug-likeness (QED) is 0.350. The molecule has 4 aliphatic heterocycles. The molecule has 3 aromatic rings. The summed E-state index contributed by atoms with van der Waals surface area (Å²) in [5, 5.41) is 9.60. The first-order valence-electron chi connectivity index (χ1n) is 14.2. The maximum Gasteiger partial charge on any atom is 0.418 e. The van der Waals surface area contributed by atoms with E-state index in [1.807, 2.05) is 4.90 Å². The summed E-state index contributed by atoms with van der Waals surface area (Å²) in [6.07, 6.45) is 0.204. The number of H-pyrrole nitrogens is 1. The van der Waals surface area contributed by atoms with Crippen molar-refractivity contribution in [1.82, 2.24) is 25.2 Å². The van der Waals surface area contributed by atoms with Crippen LogP contribution in [0.3, 0.4) is 0 Å². The van der Waals surface area contributed by atoms with Crippen LogP contribution in [0.25, 0.3) is 11.0 Å². The largest absolute Gasteiger partial charge is 0.491 e. The number of amides is 1. The van der Waals surface area contributed by atoms with Crippen LogP contribution in [0.5, 0.6) is 5.75 Å². The zero-order valence-corrected chi connectivity index (χ0v) is 22.7. The average Bonchev–Trinajstić information content (AvgIpc) is 3.77. The Bertz CT molecular complexity index is 1490. The number of anilines is 3. The van der Waals surface area contributed by atoms with Gasteiger partial charge < -0.3 is 35.3 Å². The van der Waals surface area contributed by atoms with E-state index in [-0.39, 0.29) is 34.2 Å². The Balaban J connectivity index is 1.11. The molecule has 0 saturated carbocycles. The van der Waals surface area contributed by atoms with Crippen molar-refractivity contribution in [2.45, 2.75) is 50.4 Å². The van der Waals surface area contributed by atoms with Crippen LogP contribution in [-0.2, 0) is 17.3 Å². The number of rotatable bonds is 6. The maximum atomic E-state index is 13.6. The molecule has 4 aliphatic rings. The van der Waals surface area contributed by atoms with Crippen molar-refractivity contribution < 1.29 is 27.4 Å². The molecular formula is C28H32F3N7O3. The molecule has 13 heteroatoms. The molecule has 1 aromatic carbocycles. The zero-order valence-electron chi connectivity index (χ0n) is 22.7. The van der Waals surface area contributed by atoms with Crippen molar-refractivity contribution >= 4 is 34.4 Å². The Morgan fingerprint density at radius 3 is 2.76 bits per heavy atom. The molecule has 1 amide bonds. The highest BCUT2D eigenvalue weighted by molar-refractivity contribution is 5.98. The van der Waals surface area contributed by atoms with Crippen molar-refractivity contribution in [3.8, 4) is 5.75 Å². The van der Waals surface area contributed by atoms with Crippen LogP contribution in [0.1, 0.15) is 47.7 Å². The maximum absolute atomic E-state index is 13.6. The van der Waals surface area contributed by atoms with E-state index in [1.165, 1.54) is 0 Å². The zero-order chi connectivity index (χ0) is 28.4. The number of aromatic amines is 1. The number of hydrogen-bond donors (Lipinski definition) is 4. The minimum Gasteiger partial charge on any atom is -0.491 e. The average molecular weight is 572 g/mol. The summed E-state index contributed by atoms with van der Waals surface area (Å²) in [7, 11) is 0. The fourth-order valence-electron chi connectivity index (χ4n) is 6.92. The number of alkyl halides is 3. The molecule has 0 unspecified atom stereocenters. The molecule has 0 radical (unpaired) electrons. The van der Waals surface area contributed by atoms with Crippen LogP contribution >= 0.6 is 0 Å². The van der Waals surface area contributed by atoms with Crippen LogP contribution in [0.15, 0.2) is 18.3 Å². The lowest BCUT2D eigenvalue weighted by molar-refractivity contribution is -0.136. The summed E-state index contributed by atoms with van der Waals surface area (Å²) in [4.78, 5) is 26.8. The minimum absolute atomic E-state index is 0.00709. The van der Waals surface area contributed by atoms with Crippen LogP contribution in [0.4, 0.5) is 30.6 Å². The van der Waals surface area contributed by atoms with Crippen LogP contribution in [-0.4, -0.2) is 76.8 Å². The standard InChI is InChI=1S/C28H32F3N7O3/c1-2-32-23-21-19(28(29,30)31)13-33-24(21)37-26(36-23)35-20-4-3-18(17-7-10-40-22(17)20)25(39)38-8-5-15(6-9-38)27-11-16(12-34-27)41-14-27/h3-4,13,15-16,34H,2,5-12,14H2,1H3,(H3,32,33,35,36,37)/t16-,27+/m0/s1. The molecular weight excluding hydrogens is 539 g/mol. The van der Waals surface area contributed by atoms with E-state index >= 15 is 0 Å². The summed E-state index contributed by atoms with van der Waals surface area (Å²) in [6.45, 7) is 5.67. The van der Waals surface area contributed by atoms with Gasteiger partial charge in [-0.2, -0.15) is 23.1 Å². The number of morpholine rings is 1. The Labute approximate surface area is 234 Å². The molecule has 10 nitrogen and oxygen atoms in total. The van der Waals surface area contributed by atoms with Gasteiger partial charge in [0, 0.05) is 55.5 Å². The number of halogens is 3. The number of piperidine rings is 1. The second-order valence-electron chi connectivity index (χ2n) is 11.3. The fourth-order valence-corrected chi connectivity index (χ4v) is 6.92. The van der Waals surface area contributed by atoms with Crippen molar-refractivity contribution in [1.29, 1.82) is 0 Å². The summed E-state index contributed by atoms with van der Waals surface area (Å²) < 4.78 is 52.5. The first kappa shape index (κ1) is 26.3. The molecule has 0 aliphatic carbocycles. The highest BCUT2D eigenvalue weighted by Crippen LogP contribution is 2.43. The van der Waals surface area contributed by atoms with Gasteiger partial charge in [-0.1, -0.05) is 0 Å². The lowest BCUT2D eigenvalue weighted by Gasteiger charge is -2.41. The van der Waals surface area contributed by atoms with Gasteiger partial charge in [-0.3, -0.25) is 4.79 Å². The van der Waals surface area contributed by atoms with E-state index in [2.05, 4.69) is 30.9 Å². The monoisotopic (exact) mass is 571 g/mol. The highest BCUT2D eigenvalue weighted by atomic mass is 19.4. The number of carbonyl (C=O) groups is 1. The smallest absolute Gasteiger partial charge is 0.418 e. The Kier molecular flexibility index (Phi) is 6.27. The number of ether oxygens (including phenoxy) is 2. The second-order valence-corrected chi connectivity index (χ2v) is 11.3. The van der Waals surface area contributed by atoms with E-state index in [0.29, 0.717) is 61.7 Å². The van der Waals surface area contributed by atoms with Crippen LogP contribution < -0.4 is 20.7 Å². The number of likely N-dealkylation sites (tertiary alicyclic amines) is 1.